The number of aryl methyl sites for hydroxylation is 1. The molecule has 2 N–H and O–H groups in total. The number of aromatic nitrogens is 2. The van der Waals surface area contributed by atoms with E-state index in [1.807, 2.05) is 13.1 Å². The summed E-state index contributed by atoms with van der Waals surface area (Å²) >= 11 is 7.53. The molecule has 3 rings (SSSR count). The Morgan fingerprint density at radius 1 is 1.38 bits per heavy atom. The highest BCUT2D eigenvalue weighted by atomic mass is 35.5. The van der Waals surface area contributed by atoms with Gasteiger partial charge in [0.15, 0.2) is 4.96 Å². The van der Waals surface area contributed by atoms with Crippen LogP contribution in [0.4, 0.5) is 5.69 Å². The molecule has 9 heteroatoms. The van der Waals surface area contributed by atoms with Crippen molar-refractivity contribution in [1.82, 2.24) is 9.38 Å². The molecule has 0 bridgehead atoms. The smallest absolute Gasteiger partial charge is 0.339 e. The zero-order valence-electron chi connectivity index (χ0n) is 12.7. The van der Waals surface area contributed by atoms with Crippen molar-refractivity contribution < 1.29 is 19.4 Å². The summed E-state index contributed by atoms with van der Waals surface area (Å²) in [5.41, 5.74) is 0.396. The Labute approximate surface area is 145 Å². The van der Waals surface area contributed by atoms with E-state index in [1.165, 1.54) is 30.6 Å². The van der Waals surface area contributed by atoms with Crippen LogP contribution in [-0.4, -0.2) is 33.5 Å². The molecule has 0 saturated heterocycles. The quantitative estimate of drug-likeness (QED) is 0.739. The number of hydrogen-bond acceptors (Lipinski definition) is 5. The first-order chi connectivity index (χ1) is 11.4. The molecular weight excluding hydrogens is 354 g/mol. The number of benzene rings is 1. The molecule has 0 atom stereocenters. The SMILES string of the molecule is COc1cc(NC(=O)c2cn3cc(C)sc3n2)c(Cl)cc1C(=O)O. The number of thiazole rings is 1. The Hall–Kier alpha value is -2.58. The van der Waals surface area contributed by atoms with E-state index in [9.17, 15) is 9.59 Å². The molecule has 0 aliphatic heterocycles. The number of aromatic carboxylic acids is 1. The van der Waals surface area contributed by atoms with Crippen molar-refractivity contribution in [2.75, 3.05) is 12.4 Å². The topological polar surface area (TPSA) is 92.9 Å². The molecule has 0 saturated carbocycles. The first kappa shape index (κ1) is 16.3. The van der Waals surface area contributed by atoms with E-state index in [0.29, 0.717) is 4.96 Å². The highest BCUT2D eigenvalue weighted by Crippen LogP contribution is 2.31. The Morgan fingerprint density at radius 2 is 2.12 bits per heavy atom. The van der Waals surface area contributed by atoms with Gasteiger partial charge < -0.3 is 15.2 Å². The molecule has 1 aromatic carbocycles. The van der Waals surface area contributed by atoms with Gasteiger partial charge in [0.25, 0.3) is 5.91 Å². The van der Waals surface area contributed by atoms with E-state index in [1.54, 1.807) is 10.6 Å². The van der Waals surface area contributed by atoms with Crippen LogP contribution in [0.2, 0.25) is 5.02 Å². The molecule has 3 aromatic rings. The summed E-state index contributed by atoms with van der Waals surface area (Å²) in [4.78, 5) is 29.5. The van der Waals surface area contributed by atoms with Crippen LogP contribution in [0.15, 0.2) is 24.5 Å². The summed E-state index contributed by atoms with van der Waals surface area (Å²) in [6.07, 6.45) is 3.49. The van der Waals surface area contributed by atoms with E-state index in [4.69, 9.17) is 21.4 Å². The fourth-order valence-corrected chi connectivity index (χ4v) is 3.21. The van der Waals surface area contributed by atoms with Gasteiger partial charge in [0.1, 0.15) is 17.0 Å². The van der Waals surface area contributed by atoms with Crippen molar-refractivity contribution in [3.8, 4) is 5.75 Å². The number of rotatable bonds is 4. The first-order valence-electron chi connectivity index (χ1n) is 6.76. The van der Waals surface area contributed by atoms with E-state index in [2.05, 4.69) is 10.3 Å². The fourth-order valence-electron chi connectivity index (χ4n) is 2.19. The average molecular weight is 366 g/mol. The Bertz CT molecular complexity index is 932. The van der Waals surface area contributed by atoms with Crippen molar-refractivity contribution in [2.45, 2.75) is 6.92 Å². The number of nitrogens with zero attached hydrogens (tertiary/aromatic N) is 2. The molecule has 2 aromatic heterocycles. The zero-order valence-corrected chi connectivity index (χ0v) is 14.2. The summed E-state index contributed by atoms with van der Waals surface area (Å²) in [5, 5.41) is 11.8. The van der Waals surface area contributed by atoms with E-state index in [0.717, 1.165) is 4.88 Å². The van der Waals surface area contributed by atoms with Crippen LogP contribution in [-0.2, 0) is 0 Å². The number of fused-ring (bicyclic) bond motifs is 1. The second kappa shape index (κ2) is 6.14. The van der Waals surface area contributed by atoms with E-state index in [-0.39, 0.29) is 27.7 Å². The number of nitrogens with one attached hydrogen (secondary N) is 1. The summed E-state index contributed by atoms with van der Waals surface area (Å²) < 4.78 is 6.80. The van der Waals surface area contributed by atoms with Gasteiger partial charge >= 0.3 is 5.97 Å². The minimum absolute atomic E-state index is 0.0847. The van der Waals surface area contributed by atoms with Gasteiger partial charge in [0, 0.05) is 23.3 Å². The second-order valence-electron chi connectivity index (χ2n) is 4.95. The van der Waals surface area contributed by atoms with Gasteiger partial charge in [-0.1, -0.05) is 11.6 Å². The summed E-state index contributed by atoms with van der Waals surface area (Å²) in [6.45, 7) is 1.95. The van der Waals surface area contributed by atoms with Crippen molar-refractivity contribution >= 4 is 45.5 Å². The number of amides is 1. The number of halogens is 1. The molecule has 0 spiro atoms. The molecule has 1 amide bonds. The van der Waals surface area contributed by atoms with Gasteiger partial charge in [-0.3, -0.25) is 9.20 Å². The highest BCUT2D eigenvalue weighted by molar-refractivity contribution is 7.17. The normalized spacial score (nSPS) is 10.8. The predicted octanol–water partition coefficient (Wildman–Crippen LogP) is 3.32. The third-order valence-corrected chi connectivity index (χ3v) is 4.50. The van der Waals surface area contributed by atoms with E-state index < -0.39 is 11.9 Å². The minimum atomic E-state index is -1.17. The number of carbonyl (C=O) groups excluding carboxylic acids is 1. The van der Waals surface area contributed by atoms with Gasteiger partial charge in [0.05, 0.1) is 17.8 Å². The predicted molar refractivity (Wildman–Crippen MR) is 90.7 cm³/mol. The summed E-state index contributed by atoms with van der Waals surface area (Å²) in [7, 11) is 1.34. The van der Waals surface area contributed by atoms with Crippen molar-refractivity contribution in [1.29, 1.82) is 0 Å². The number of methoxy groups -OCH3 is 1. The number of hydrogen-bond donors (Lipinski definition) is 2. The minimum Gasteiger partial charge on any atom is -0.496 e. The lowest BCUT2D eigenvalue weighted by atomic mass is 10.1. The number of carboxylic acids is 1. The number of carboxylic acid groups (broad SMARTS) is 1. The molecule has 0 fully saturated rings. The van der Waals surface area contributed by atoms with Crippen molar-refractivity contribution in [3.63, 3.8) is 0 Å². The highest BCUT2D eigenvalue weighted by Gasteiger charge is 2.18. The van der Waals surface area contributed by atoms with Crippen LogP contribution < -0.4 is 10.1 Å². The van der Waals surface area contributed by atoms with Gasteiger partial charge in [-0.25, -0.2) is 9.78 Å². The number of carbonyl (C=O) groups is 2. The molecule has 7 nitrogen and oxygen atoms in total. The van der Waals surface area contributed by atoms with Gasteiger partial charge in [0.2, 0.25) is 0 Å². The van der Waals surface area contributed by atoms with Crippen LogP contribution in [0.25, 0.3) is 4.96 Å². The molecule has 124 valence electrons. The third-order valence-electron chi connectivity index (χ3n) is 3.27. The van der Waals surface area contributed by atoms with Gasteiger partial charge in [-0.15, -0.1) is 11.3 Å². The number of imidazole rings is 1. The lowest BCUT2D eigenvalue weighted by Crippen LogP contribution is -2.13. The zero-order chi connectivity index (χ0) is 17.4. The van der Waals surface area contributed by atoms with Crippen LogP contribution in [0, 0.1) is 6.92 Å². The Morgan fingerprint density at radius 3 is 2.75 bits per heavy atom. The Balaban J connectivity index is 1.90. The molecule has 24 heavy (non-hydrogen) atoms. The van der Waals surface area contributed by atoms with E-state index >= 15 is 0 Å². The summed E-state index contributed by atoms with van der Waals surface area (Å²) in [5.74, 6) is -1.52. The second-order valence-corrected chi connectivity index (χ2v) is 6.57. The van der Waals surface area contributed by atoms with Crippen LogP contribution >= 0.6 is 22.9 Å². The largest absolute Gasteiger partial charge is 0.496 e. The molecule has 0 unspecified atom stereocenters. The Kier molecular flexibility index (Phi) is 4.16. The lowest BCUT2D eigenvalue weighted by molar-refractivity contribution is 0.0693. The maximum absolute atomic E-state index is 12.3. The molecule has 0 aliphatic carbocycles. The molecule has 0 radical (unpaired) electrons. The van der Waals surface area contributed by atoms with Gasteiger partial charge in [-0.05, 0) is 13.0 Å². The maximum Gasteiger partial charge on any atom is 0.339 e. The van der Waals surface area contributed by atoms with Crippen LogP contribution in [0.3, 0.4) is 0 Å². The molecule has 0 aliphatic rings. The third kappa shape index (κ3) is 2.93. The monoisotopic (exact) mass is 365 g/mol. The maximum atomic E-state index is 12.3. The number of ether oxygens (including phenoxy) is 1. The lowest BCUT2D eigenvalue weighted by Gasteiger charge is -2.10. The van der Waals surface area contributed by atoms with Crippen molar-refractivity contribution in [3.05, 3.63) is 45.7 Å². The van der Waals surface area contributed by atoms with Crippen molar-refractivity contribution in [2.24, 2.45) is 0 Å². The summed E-state index contributed by atoms with van der Waals surface area (Å²) in [6, 6.07) is 2.60. The molecular formula is C15H12ClN3O4S. The number of anilines is 1. The van der Waals surface area contributed by atoms with Crippen LogP contribution in [0.1, 0.15) is 25.7 Å². The first-order valence-corrected chi connectivity index (χ1v) is 7.96. The molecule has 2 heterocycles. The fraction of sp³-hybridized carbons (Fsp3) is 0.133. The standard InChI is InChI=1S/C15H12ClN3O4S/c1-7-5-19-6-11(18-15(19)24-7)13(20)17-10-4-12(23-2)8(14(21)22)3-9(10)16/h3-6H,1-2H3,(H,17,20)(H,21,22). The van der Waals surface area contributed by atoms with Crippen LogP contribution in [0.5, 0.6) is 5.75 Å². The average Bonchev–Trinajstić information content (AvgIpc) is 3.05. The van der Waals surface area contributed by atoms with Gasteiger partial charge in [-0.2, -0.15) is 0 Å².